The van der Waals surface area contributed by atoms with Gasteiger partial charge in [0.05, 0.1) is 6.10 Å². The summed E-state index contributed by atoms with van der Waals surface area (Å²) < 4.78 is 0. The van der Waals surface area contributed by atoms with Crippen molar-refractivity contribution < 1.29 is 9.90 Å². The Morgan fingerprint density at radius 1 is 1.57 bits per heavy atom. The van der Waals surface area contributed by atoms with Crippen LogP contribution in [0.4, 0.5) is 0 Å². The summed E-state index contributed by atoms with van der Waals surface area (Å²) in [6.07, 6.45) is 0.396. The molecule has 14 heavy (non-hydrogen) atoms. The van der Waals surface area contributed by atoms with E-state index < -0.39 is 6.10 Å². The van der Waals surface area contributed by atoms with E-state index in [-0.39, 0.29) is 17.9 Å². The fourth-order valence-corrected chi connectivity index (χ4v) is 1.83. The third kappa shape index (κ3) is 2.45. The first-order chi connectivity index (χ1) is 6.56. The van der Waals surface area contributed by atoms with E-state index in [1.165, 1.54) is 0 Å². The molecule has 1 aliphatic rings. The van der Waals surface area contributed by atoms with Gasteiger partial charge in [0.15, 0.2) is 0 Å². The SMILES string of the molecule is CNC1CCN(C(=O)C(C)C)CC1O. The van der Waals surface area contributed by atoms with Crippen LogP contribution in [0.1, 0.15) is 20.3 Å². The summed E-state index contributed by atoms with van der Waals surface area (Å²) in [5.41, 5.74) is 0. The molecule has 4 heteroatoms. The van der Waals surface area contributed by atoms with Gasteiger partial charge in [0.25, 0.3) is 0 Å². The summed E-state index contributed by atoms with van der Waals surface area (Å²) in [5, 5.41) is 12.8. The van der Waals surface area contributed by atoms with E-state index in [9.17, 15) is 9.90 Å². The van der Waals surface area contributed by atoms with Crippen molar-refractivity contribution in [2.75, 3.05) is 20.1 Å². The standard InChI is InChI=1S/C10H20N2O2/c1-7(2)10(14)12-5-4-8(11-3)9(13)6-12/h7-9,11,13H,4-6H2,1-3H3. The van der Waals surface area contributed by atoms with E-state index >= 15 is 0 Å². The Balaban J connectivity index is 2.50. The molecule has 2 unspecified atom stereocenters. The van der Waals surface area contributed by atoms with Gasteiger partial charge in [-0.1, -0.05) is 13.8 Å². The number of aliphatic hydroxyl groups is 1. The fraction of sp³-hybridized carbons (Fsp3) is 0.900. The lowest BCUT2D eigenvalue weighted by atomic mass is 10.0. The van der Waals surface area contributed by atoms with E-state index in [1.807, 2.05) is 20.9 Å². The Labute approximate surface area is 85.3 Å². The van der Waals surface area contributed by atoms with Gasteiger partial charge in [-0.15, -0.1) is 0 Å². The Kier molecular flexibility index (Phi) is 3.89. The Hall–Kier alpha value is -0.610. The minimum Gasteiger partial charge on any atom is -0.390 e. The topological polar surface area (TPSA) is 52.6 Å². The van der Waals surface area contributed by atoms with Gasteiger partial charge in [-0.05, 0) is 13.5 Å². The van der Waals surface area contributed by atoms with Crippen molar-refractivity contribution in [2.45, 2.75) is 32.4 Å². The van der Waals surface area contributed by atoms with Gasteiger partial charge < -0.3 is 15.3 Å². The number of β-amino-alcohol motifs (C(OH)–C–C–N with tert-alkyl or cyclic N) is 1. The molecule has 1 rings (SSSR count). The maximum absolute atomic E-state index is 11.6. The van der Waals surface area contributed by atoms with Crippen LogP contribution in [-0.4, -0.2) is 48.2 Å². The summed E-state index contributed by atoms with van der Waals surface area (Å²) in [6.45, 7) is 4.99. The van der Waals surface area contributed by atoms with Gasteiger partial charge in [0, 0.05) is 25.0 Å². The van der Waals surface area contributed by atoms with Crippen molar-refractivity contribution in [3.63, 3.8) is 0 Å². The molecule has 0 spiro atoms. The van der Waals surface area contributed by atoms with Crippen LogP contribution in [0.2, 0.25) is 0 Å². The van der Waals surface area contributed by atoms with Gasteiger partial charge >= 0.3 is 0 Å². The molecule has 1 fully saturated rings. The van der Waals surface area contributed by atoms with Crippen molar-refractivity contribution in [1.82, 2.24) is 10.2 Å². The summed E-state index contributed by atoms with van der Waals surface area (Å²) in [6, 6.07) is 0.131. The number of carbonyl (C=O) groups is 1. The predicted octanol–water partition coefficient (Wildman–Crippen LogP) is -0.176. The first kappa shape index (κ1) is 11.5. The van der Waals surface area contributed by atoms with Gasteiger partial charge in [0.1, 0.15) is 0 Å². The first-order valence-electron chi connectivity index (χ1n) is 5.20. The molecule has 1 heterocycles. The molecular formula is C10H20N2O2. The molecule has 1 saturated heterocycles. The van der Waals surface area contributed by atoms with Crippen LogP contribution in [0, 0.1) is 5.92 Å². The molecule has 0 aromatic carbocycles. The van der Waals surface area contributed by atoms with E-state index in [1.54, 1.807) is 4.90 Å². The Morgan fingerprint density at radius 2 is 2.21 bits per heavy atom. The number of likely N-dealkylation sites (tertiary alicyclic amines) is 1. The van der Waals surface area contributed by atoms with Crippen molar-refractivity contribution in [3.8, 4) is 0 Å². The number of nitrogens with zero attached hydrogens (tertiary/aromatic N) is 1. The second kappa shape index (κ2) is 4.75. The van der Waals surface area contributed by atoms with E-state index in [4.69, 9.17) is 0 Å². The lowest BCUT2D eigenvalue weighted by molar-refractivity contribution is -0.138. The smallest absolute Gasteiger partial charge is 0.225 e. The Morgan fingerprint density at radius 3 is 2.64 bits per heavy atom. The van der Waals surface area contributed by atoms with E-state index in [2.05, 4.69) is 5.32 Å². The number of aliphatic hydroxyl groups excluding tert-OH is 1. The molecule has 0 saturated carbocycles. The van der Waals surface area contributed by atoms with Gasteiger partial charge in [-0.3, -0.25) is 4.79 Å². The average Bonchev–Trinajstić information content (AvgIpc) is 2.16. The zero-order chi connectivity index (χ0) is 10.7. The van der Waals surface area contributed by atoms with Crippen molar-refractivity contribution in [1.29, 1.82) is 0 Å². The highest BCUT2D eigenvalue weighted by Gasteiger charge is 2.29. The maximum Gasteiger partial charge on any atom is 0.225 e. The number of hydrogen-bond donors (Lipinski definition) is 2. The van der Waals surface area contributed by atoms with E-state index in [0.29, 0.717) is 6.54 Å². The summed E-state index contributed by atoms with van der Waals surface area (Å²) >= 11 is 0. The number of hydrogen-bond acceptors (Lipinski definition) is 3. The van der Waals surface area contributed by atoms with Crippen molar-refractivity contribution >= 4 is 5.91 Å². The van der Waals surface area contributed by atoms with Crippen LogP contribution in [-0.2, 0) is 4.79 Å². The molecule has 0 bridgehead atoms. The summed E-state index contributed by atoms with van der Waals surface area (Å²) in [4.78, 5) is 13.4. The maximum atomic E-state index is 11.6. The monoisotopic (exact) mass is 200 g/mol. The number of likely N-dealkylation sites (N-methyl/N-ethyl adjacent to an activating group) is 1. The number of carbonyl (C=O) groups excluding carboxylic acids is 1. The largest absolute Gasteiger partial charge is 0.390 e. The van der Waals surface area contributed by atoms with Crippen molar-refractivity contribution in [2.24, 2.45) is 5.92 Å². The van der Waals surface area contributed by atoms with Crippen LogP contribution < -0.4 is 5.32 Å². The number of nitrogens with one attached hydrogen (secondary N) is 1. The van der Waals surface area contributed by atoms with Gasteiger partial charge in [-0.2, -0.15) is 0 Å². The molecule has 82 valence electrons. The van der Waals surface area contributed by atoms with Gasteiger partial charge in [0.2, 0.25) is 5.91 Å². The molecular weight excluding hydrogens is 180 g/mol. The molecule has 4 nitrogen and oxygen atoms in total. The van der Waals surface area contributed by atoms with Gasteiger partial charge in [-0.25, -0.2) is 0 Å². The van der Waals surface area contributed by atoms with E-state index in [0.717, 1.165) is 13.0 Å². The van der Waals surface area contributed by atoms with Crippen LogP contribution >= 0.6 is 0 Å². The highest BCUT2D eigenvalue weighted by Crippen LogP contribution is 2.13. The molecule has 1 amide bonds. The van der Waals surface area contributed by atoms with Crippen molar-refractivity contribution in [3.05, 3.63) is 0 Å². The Bertz CT molecular complexity index is 206. The van der Waals surface area contributed by atoms with Crippen LogP contribution in [0.3, 0.4) is 0 Å². The summed E-state index contributed by atoms with van der Waals surface area (Å²) in [5.74, 6) is 0.159. The zero-order valence-electron chi connectivity index (χ0n) is 9.16. The highest BCUT2D eigenvalue weighted by molar-refractivity contribution is 5.78. The quantitative estimate of drug-likeness (QED) is 0.650. The summed E-state index contributed by atoms with van der Waals surface area (Å²) in [7, 11) is 1.84. The molecule has 1 aliphatic heterocycles. The third-order valence-corrected chi connectivity index (χ3v) is 2.76. The normalized spacial score (nSPS) is 28.2. The van der Waals surface area contributed by atoms with Crippen LogP contribution in [0.15, 0.2) is 0 Å². The van der Waals surface area contributed by atoms with Crippen LogP contribution in [0.5, 0.6) is 0 Å². The lowest BCUT2D eigenvalue weighted by Crippen LogP contribution is -2.54. The highest BCUT2D eigenvalue weighted by atomic mass is 16.3. The molecule has 2 N–H and O–H groups in total. The number of piperidine rings is 1. The first-order valence-corrected chi connectivity index (χ1v) is 5.20. The average molecular weight is 200 g/mol. The lowest BCUT2D eigenvalue weighted by Gasteiger charge is -2.36. The predicted molar refractivity (Wildman–Crippen MR) is 54.9 cm³/mol. The second-order valence-electron chi connectivity index (χ2n) is 4.19. The third-order valence-electron chi connectivity index (χ3n) is 2.76. The zero-order valence-corrected chi connectivity index (χ0v) is 9.16. The van der Waals surface area contributed by atoms with Crippen LogP contribution in [0.25, 0.3) is 0 Å². The molecule has 2 atom stereocenters. The molecule has 0 aromatic heterocycles. The second-order valence-corrected chi connectivity index (χ2v) is 4.19. The molecule has 0 aliphatic carbocycles. The number of rotatable bonds is 2. The molecule has 0 aromatic rings. The fourth-order valence-electron chi connectivity index (χ4n) is 1.83. The minimum absolute atomic E-state index is 0.0216. The number of amides is 1. The minimum atomic E-state index is -0.434. The molecule has 0 radical (unpaired) electrons.